The average Bonchev–Trinajstić information content (AvgIpc) is 2.18. The second kappa shape index (κ2) is 6.20. The van der Waals surface area contributed by atoms with Gasteiger partial charge in [-0.15, -0.1) is 6.58 Å². The van der Waals surface area contributed by atoms with Crippen molar-refractivity contribution < 1.29 is 0 Å². The van der Waals surface area contributed by atoms with E-state index in [9.17, 15) is 0 Å². The largest absolute Gasteiger partial charge is 0.315 e. The summed E-state index contributed by atoms with van der Waals surface area (Å²) >= 11 is 0. The molecule has 0 aliphatic heterocycles. The summed E-state index contributed by atoms with van der Waals surface area (Å²) in [5.41, 5.74) is 0.234. The van der Waals surface area contributed by atoms with Gasteiger partial charge in [0.1, 0.15) is 0 Å². The summed E-state index contributed by atoms with van der Waals surface area (Å²) in [5.74, 6) is 0. The van der Waals surface area contributed by atoms with Gasteiger partial charge in [-0.2, -0.15) is 0 Å². The Hall–Kier alpha value is -0.340. The molecule has 0 aromatic rings. The van der Waals surface area contributed by atoms with Gasteiger partial charge in [-0.1, -0.05) is 13.0 Å². The van der Waals surface area contributed by atoms with E-state index in [4.69, 9.17) is 0 Å². The third kappa shape index (κ3) is 3.10. The fraction of sp³-hybridized carbons (Fsp3) is 0.833. The molecule has 0 rings (SSSR count). The summed E-state index contributed by atoms with van der Waals surface area (Å²) in [4.78, 5) is 2.32. The van der Waals surface area contributed by atoms with Crippen LogP contribution in [-0.4, -0.2) is 37.6 Å². The highest BCUT2D eigenvalue weighted by Gasteiger charge is 2.32. The van der Waals surface area contributed by atoms with Crippen molar-refractivity contribution >= 4 is 0 Å². The molecular formula is C12H26N2. The third-order valence-corrected chi connectivity index (χ3v) is 3.50. The first-order valence-electron chi connectivity index (χ1n) is 5.48. The van der Waals surface area contributed by atoms with E-state index in [1.54, 1.807) is 0 Å². The Kier molecular flexibility index (Phi) is 6.05. The summed E-state index contributed by atoms with van der Waals surface area (Å²) in [6.45, 7) is 8.34. The molecule has 0 amide bonds. The van der Waals surface area contributed by atoms with Gasteiger partial charge in [0.2, 0.25) is 0 Å². The number of nitrogens with one attached hydrogen (secondary N) is 1. The number of hydrogen-bond donors (Lipinski definition) is 1. The fourth-order valence-electron chi connectivity index (χ4n) is 1.93. The molecule has 0 bridgehead atoms. The maximum absolute atomic E-state index is 3.78. The number of rotatable bonds is 7. The summed E-state index contributed by atoms with van der Waals surface area (Å²) in [5, 5.41) is 3.42. The Morgan fingerprint density at radius 1 is 1.50 bits per heavy atom. The van der Waals surface area contributed by atoms with Crippen molar-refractivity contribution in [3.63, 3.8) is 0 Å². The van der Waals surface area contributed by atoms with Crippen LogP contribution in [0.1, 0.15) is 33.1 Å². The van der Waals surface area contributed by atoms with Gasteiger partial charge in [0, 0.05) is 11.6 Å². The molecule has 0 saturated carbocycles. The van der Waals surface area contributed by atoms with E-state index in [1.165, 1.54) is 0 Å². The van der Waals surface area contributed by atoms with Gasteiger partial charge in [-0.25, -0.2) is 0 Å². The first-order chi connectivity index (χ1) is 6.52. The SMILES string of the molecule is C=CCCC(NC)C(C)(CC)N(C)C. The quantitative estimate of drug-likeness (QED) is 0.631. The number of likely N-dealkylation sites (N-methyl/N-ethyl adjacent to an activating group) is 2. The molecule has 0 aromatic carbocycles. The van der Waals surface area contributed by atoms with Gasteiger partial charge in [0.05, 0.1) is 0 Å². The smallest absolute Gasteiger partial charge is 0.0325 e. The highest BCUT2D eigenvalue weighted by molar-refractivity contribution is 4.94. The monoisotopic (exact) mass is 198 g/mol. The average molecular weight is 198 g/mol. The molecule has 2 atom stereocenters. The van der Waals surface area contributed by atoms with Crippen LogP contribution >= 0.6 is 0 Å². The second-order valence-corrected chi connectivity index (χ2v) is 4.31. The minimum absolute atomic E-state index is 0.234. The number of allylic oxidation sites excluding steroid dienone is 1. The molecule has 2 unspecified atom stereocenters. The van der Waals surface area contributed by atoms with Crippen LogP contribution in [0.4, 0.5) is 0 Å². The molecule has 0 radical (unpaired) electrons. The lowest BCUT2D eigenvalue weighted by atomic mass is 9.85. The van der Waals surface area contributed by atoms with E-state index in [2.05, 4.69) is 44.7 Å². The van der Waals surface area contributed by atoms with Crippen LogP contribution in [0.2, 0.25) is 0 Å². The second-order valence-electron chi connectivity index (χ2n) is 4.31. The van der Waals surface area contributed by atoms with Gasteiger partial charge >= 0.3 is 0 Å². The Balaban J connectivity index is 4.50. The predicted octanol–water partition coefficient (Wildman–Crippen LogP) is 2.27. The molecule has 14 heavy (non-hydrogen) atoms. The normalized spacial score (nSPS) is 17.9. The molecule has 0 heterocycles. The van der Waals surface area contributed by atoms with Crippen molar-refractivity contribution in [1.29, 1.82) is 0 Å². The number of hydrogen-bond acceptors (Lipinski definition) is 2. The van der Waals surface area contributed by atoms with E-state index in [-0.39, 0.29) is 5.54 Å². The van der Waals surface area contributed by atoms with Crippen molar-refractivity contribution in [2.45, 2.75) is 44.7 Å². The maximum atomic E-state index is 3.78. The molecule has 0 aromatic heterocycles. The van der Waals surface area contributed by atoms with Gasteiger partial charge in [-0.05, 0) is 47.3 Å². The molecule has 0 fully saturated rings. The molecule has 0 aliphatic rings. The zero-order valence-electron chi connectivity index (χ0n) is 10.4. The van der Waals surface area contributed by atoms with Crippen LogP contribution in [-0.2, 0) is 0 Å². The summed E-state index contributed by atoms with van der Waals surface area (Å²) < 4.78 is 0. The van der Waals surface area contributed by atoms with Crippen molar-refractivity contribution in [3.8, 4) is 0 Å². The molecular weight excluding hydrogens is 172 g/mol. The van der Waals surface area contributed by atoms with Crippen LogP contribution in [0.5, 0.6) is 0 Å². The van der Waals surface area contributed by atoms with Crippen LogP contribution < -0.4 is 5.32 Å². The first-order valence-corrected chi connectivity index (χ1v) is 5.48. The molecule has 2 nitrogen and oxygen atoms in total. The van der Waals surface area contributed by atoms with Gasteiger partial charge in [0.25, 0.3) is 0 Å². The standard InChI is InChI=1S/C12H26N2/c1-7-9-10-11(13-4)12(3,8-2)14(5)6/h7,11,13H,1,8-10H2,2-6H3. The van der Waals surface area contributed by atoms with Crippen molar-refractivity contribution in [2.24, 2.45) is 0 Å². The number of nitrogens with zero attached hydrogens (tertiary/aromatic N) is 1. The Morgan fingerprint density at radius 2 is 2.07 bits per heavy atom. The van der Waals surface area contributed by atoms with Gasteiger partial charge in [0.15, 0.2) is 0 Å². The molecule has 1 N–H and O–H groups in total. The van der Waals surface area contributed by atoms with E-state index in [1.807, 2.05) is 13.1 Å². The fourth-order valence-corrected chi connectivity index (χ4v) is 1.93. The summed E-state index contributed by atoms with van der Waals surface area (Å²) in [6, 6.07) is 0.528. The van der Waals surface area contributed by atoms with Crippen molar-refractivity contribution in [1.82, 2.24) is 10.2 Å². The minimum Gasteiger partial charge on any atom is -0.315 e. The molecule has 0 aliphatic carbocycles. The lowest BCUT2D eigenvalue weighted by molar-refractivity contribution is 0.112. The third-order valence-electron chi connectivity index (χ3n) is 3.50. The summed E-state index contributed by atoms with van der Waals surface area (Å²) in [6.07, 6.45) is 5.39. The zero-order chi connectivity index (χ0) is 11.2. The Bertz CT molecular complexity index is 166. The summed E-state index contributed by atoms with van der Waals surface area (Å²) in [7, 11) is 6.36. The van der Waals surface area contributed by atoms with Crippen LogP contribution in [0, 0.1) is 0 Å². The highest BCUT2D eigenvalue weighted by Crippen LogP contribution is 2.23. The maximum Gasteiger partial charge on any atom is 0.0325 e. The molecule has 84 valence electrons. The van der Waals surface area contributed by atoms with Crippen molar-refractivity contribution in [2.75, 3.05) is 21.1 Å². The van der Waals surface area contributed by atoms with E-state index < -0.39 is 0 Å². The zero-order valence-corrected chi connectivity index (χ0v) is 10.4. The molecule has 0 saturated heterocycles. The topological polar surface area (TPSA) is 15.3 Å². The minimum atomic E-state index is 0.234. The predicted molar refractivity (Wildman–Crippen MR) is 64.7 cm³/mol. The molecule has 2 heteroatoms. The lowest BCUT2D eigenvalue weighted by Crippen LogP contribution is -2.55. The van der Waals surface area contributed by atoms with Crippen LogP contribution in [0.15, 0.2) is 12.7 Å². The van der Waals surface area contributed by atoms with Crippen molar-refractivity contribution in [3.05, 3.63) is 12.7 Å². The van der Waals surface area contributed by atoms with E-state index in [0.29, 0.717) is 6.04 Å². The first kappa shape index (κ1) is 13.7. The molecule has 0 spiro atoms. The van der Waals surface area contributed by atoms with Crippen LogP contribution in [0.3, 0.4) is 0 Å². The van der Waals surface area contributed by atoms with Crippen LogP contribution in [0.25, 0.3) is 0 Å². The highest BCUT2D eigenvalue weighted by atomic mass is 15.2. The Labute approximate surface area is 89.4 Å². The lowest BCUT2D eigenvalue weighted by Gasteiger charge is -2.42. The van der Waals surface area contributed by atoms with E-state index >= 15 is 0 Å². The van der Waals surface area contributed by atoms with E-state index in [0.717, 1.165) is 19.3 Å². The Morgan fingerprint density at radius 3 is 2.36 bits per heavy atom. The van der Waals surface area contributed by atoms with Gasteiger partial charge in [-0.3, -0.25) is 0 Å². The van der Waals surface area contributed by atoms with Gasteiger partial charge < -0.3 is 10.2 Å².